The van der Waals surface area contributed by atoms with Gasteiger partial charge >= 0.3 is 0 Å². The van der Waals surface area contributed by atoms with Crippen molar-refractivity contribution in [3.63, 3.8) is 0 Å². The van der Waals surface area contributed by atoms with Gasteiger partial charge in [-0.2, -0.15) is 15.0 Å². The third-order valence-corrected chi connectivity index (χ3v) is 2.48. The molecule has 0 unspecified atom stereocenters. The van der Waals surface area contributed by atoms with Crippen LogP contribution in [-0.2, 0) is 0 Å². The van der Waals surface area contributed by atoms with Gasteiger partial charge in [-0.3, -0.25) is 5.43 Å². The van der Waals surface area contributed by atoms with Crippen LogP contribution in [0.5, 0.6) is 0 Å². The highest BCUT2D eigenvalue weighted by molar-refractivity contribution is 5.43. The lowest BCUT2D eigenvalue weighted by molar-refractivity contribution is 0.878. The summed E-state index contributed by atoms with van der Waals surface area (Å²) in [7, 11) is 0. The predicted octanol–water partition coefficient (Wildman–Crippen LogP) is 0.189. The minimum absolute atomic E-state index is 0.396. The lowest BCUT2D eigenvalue weighted by atomic mass is 10.4. The Hall–Kier alpha value is -1.63. The van der Waals surface area contributed by atoms with Crippen LogP contribution in [0.4, 0.5) is 17.8 Å². The second kappa shape index (κ2) is 4.93. The van der Waals surface area contributed by atoms with Crippen LogP contribution in [0.25, 0.3) is 0 Å². The molecule has 1 saturated heterocycles. The molecule has 1 fully saturated rings. The standard InChI is InChI=1S/C9H17N7/c1-2-11-7-12-8(15-10)14-9(13-7)16-5-3-4-6-16/h2-6,10H2,1H3,(H2,11,12,13,14,15). The molecule has 0 radical (unpaired) electrons. The Bertz CT molecular complexity index is 348. The van der Waals surface area contributed by atoms with E-state index in [1.165, 1.54) is 12.8 Å². The minimum atomic E-state index is 0.396. The summed E-state index contributed by atoms with van der Waals surface area (Å²) in [6.07, 6.45) is 2.38. The van der Waals surface area contributed by atoms with Crippen molar-refractivity contribution in [2.45, 2.75) is 19.8 Å². The summed E-state index contributed by atoms with van der Waals surface area (Å²) >= 11 is 0. The second-order valence-electron chi connectivity index (χ2n) is 3.65. The maximum Gasteiger partial charge on any atom is 0.243 e. The van der Waals surface area contributed by atoms with Gasteiger partial charge in [0, 0.05) is 19.6 Å². The number of rotatable bonds is 4. The highest BCUT2D eigenvalue weighted by atomic mass is 15.4. The number of hydrogen-bond acceptors (Lipinski definition) is 7. The number of hydrazine groups is 1. The number of anilines is 3. The van der Waals surface area contributed by atoms with Gasteiger partial charge < -0.3 is 10.2 Å². The molecule has 88 valence electrons. The van der Waals surface area contributed by atoms with Gasteiger partial charge in [0.05, 0.1) is 0 Å². The van der Waals surface area contributed by atoms with Crippen LogP contribution >= 0.6 is 0 Å². The molecule has 0 spiro atoms. The Kier molecular flexibility index (Phi) is 3.35. The zero-order valence-corrected chi connectivity index (χ0v) is 9.40. The molecule has 0 bridgehead atoms. The molecule has 1 aliphatic heterocycles. The van der Waals surface area contributed by atoms with Crippen molar-refractivity contribution in [2.24, 2.45) is 5.84 Å². The number of aromatic nitrogens is 3. The Balaban J connectivity index is 2.24. The average Bonchev–Trinajstić information content (AvgIpc) is 2.82. The third kappa shape index (κ3) is 2.30. The zero-order chi connectivity index (χ0) is 11.4. The molecule has 4 N–H and O–H groups in total. The molecule has 2 heterocycles. The Morgan fingerprint density at radius 2 is 1.88 bits per heavy atom. The van der Waals surface area contributed by atoms with Crippen LogP contribution in [0.2, 0.25) is 0 Å². The largest absolute Gasteiger partial charge is 0.354 e. The van der Waals surface area contributed by atoms with E-state index in [2.05, 4.69) is 30.6 Å². The molecule has 0 aliphatic carbocycles. The fourth-order valence-corrected chi connectivity index (χ4v) is 1.73. The van der Waals surface area contributed by atoms with Crippen molar-refractivity contribution in [3.8, 4) is 0 Å². The van der Waals surface area contributed by atoms with E-state index in [9.17, 15) is 0 Å². The summed E-state index contributed by atoms with van der Waals surface area (Å²) in [5.74, 6) is 6.98. The topological polar surface area (TPSA) is 92.0 Å². The van der Waals surface area contributed by atoms with Crippen LogP contribution in [0.3, 0.4) is 0 Å². The fraction of sp³-hybridized carbons (Fsp3) is 0.667. The first kappa shape index (κ1) is 10.9. The van der Waals surface area contributed by atoms with E-state index >= 15 is 0 Å². The van der Waals surface area contributed by atoms with Crippen LogP contribution < -0.4 is 21.5 Å². The molecule has 2 rings (SSSR count). The first-order valence-electron chi connectivity index (χ1n) is 5.55. The van der Waals surface area contributed by atoms with E-state index in [1.54, 1.807) is 0 Å². The number of nitrogens with one attached hydrogen (secondary N) is 2. The van der Waals surface area contributed by atoms with E-state index in [0.29, 0.717) is 17.8 Å². The number of nitrogens with zero attached hydrogens (tertiary/aromatic N) is 4. The number of nitrogens with two attached hydrogens (primary N) is 1. The van der Waals surface area contributed by atoms with Gasteiger partial charge in [-0.15, -0.1) is 0 Å². The maximum atomic E-state index is 5.33. The number of nitrogen functional groups attached to an aromatic ring is 1. The third-order valence-electron chi connectivity index (χ3n) is 2.48. The second-order valence-corrected chi connectivity index (χ2v) is 3.65. The molecule has 1 aliphatic rings. The highest BCUT2D eigenvalue weighted by Gasteiger charge is 2.16. The lowest BCUT2D eigenvalue weighted by Crippen LogP contribution is -2.23. The predicted molar refractivity (Wildman–Crippen MR) is 63.2 cm³/mol. The number of hydrogen-bond donors (Lipinski definition) is 3. The smallest absolute Gasteiger partial charge is 0.243 e. The maximum absolute atomic E-state index is 5.33. The molecular weight excluding hydrogens is 206 g/mol. The zero-order valence-electron chi connectivity index (χ0n) is 9.40. The van der Waals surface area contributed by atoms with Crippen molar-refractivity contribution in [3.05, 3.63) is 0 Å². The molecular formula is C9H17N7. The molecule has 0 atom stereocenters. The van der Waals surface area contributed by atoms with Crippen molar-refractivity contribution in [2.75, 3.05) is 35.3 Å². The summed E-state index contributed by atoms with van der Waals surface area (Å²) in [5, 5.41) is 3.06. The summed E-state index contributed by atoms with van der Waals surface area (Å²) in [6.45, 7) is 4.77. The van der Waals surface area contributed by atoms with Crippen molar-refractivity contribution >= 4 is 17.8 Å². The average molecular weight is 223 g/mol. The summed E-state index contributed by atoms with van der Waals surface area (Å²) in [6, 6.07) is 0. The van der Waals surface area contributed by atoms with Crippen LogP contribution in [0.15, 0.2) is 0 Å². The first-order chi connectivity index (χ1) is 7.83. The minimum Gasteiger partial charge on any atom is -0.354 e. The monoisotopic (exact) mass is 223 g/mol. The highest BCUT2D eigenvalue weighted by Crippen LogP contribution is 2.17. The van der Waals surface area contributed by atoms with E-state index in [0.717, 1.165) is 19.6 Å². The van der Waals surface area contributed by atoms with Gasteiger partial charge in [0.1, 0.15) is 0 Å². The van der Waals surface area contributed by atoms with Gasteiger partial charge in [0.15, 0.2) is 0 Å². The van der Waals surface area contributed by atoms with Crippen molar-refractivity contribution in [1.82, 2.24) is 15.0 Å². The van der Waals surface area contributed by atoms with Gasteiger partial charge in [-0.05, 0) is 19.8 Å². The van der Waals surface area contributed by atoms with Crippen LogP contribution in [-0.4, -0.2) is 34.6 Å². The van der Waals surface area contributed by atoms with Gasteiger partial charge in [0.25, 0.3) is 0 Å². The van der Waals surface area contributed by atoms with Gasteiger partial charge in [0.2, 0.25) is 17.8 Å². The summed E-state index contributed by atoms with van der Waals surface area (Å²) in [4.78, 5) is 14.9. The Labute approximate surface area is 94.4 Å². The Morgan fingerprint density at radius 1 is 1.19 bits per heavy atom. The molecule has 7 heteroatoms. The van der Waals surface area contributed by atoms with Crippen molar-refractivity contribution < 1.29 is 0 Å². The molecule has 1 aromatic rings. The van der Waals surface area contributed by atoms with E-state index < -0.39 is 0 Å². The normalized spacial score (nSPS) is 15.2. The molecule has 0 saturated carbocycles. The molecule has 16 heavy (non-hydrogen) atoms. The first-order valence-corrected chi connectivity index (χ1v) is 5.55. The molecule has 7 nitrogen and oxygen atoms in total. The SMILES string of the molecule is CCNc1nc(NN)nc(N2CCCC2)n1. The van der Waals surface area contributed by atoms with Crippen LogP contribution in [0.1, 0.15) is 19.8 Å². The van der Waals surface area contributed by atoms with E-state index in [4.69, 9.17) is 5.84 Å². The fourth-order valence-electron chi connectivity index (χ4n) is 1.73. The summed E-state index contributed by atoms with van der Waals surface area (Å²) < 4.78 is 0. The van der Waals surface area contributed by atoms with Crippen molar-refractivity contribution in [1.29, 1.82) is 0 Å². The van der Waals surface area contributed by atoms with Gasteiger partial charge in [-0.25, -0.2) is 5.84 Å². The Morgan fingerprint density at radius 3 is 2.50 bits per heavy atom. The lowest BCUT2D eigenvalue weighted by Gasteiger charge is -2.16. The molecule has 0 amide bonds. The molecule has 0 aromatic carbocycles. The van der Waals surface area contributed by atoms with E-state index in [1.807, 2.05) is 6.92 Å². The quantitative estimate of drug-likeness (QED) is 0.495. The van der Waals surface area contributed by atoms with Gasteiger partial charge in [-0.1, -0.05) is 0 Å². The van der Waals surface area contributed by atoms with E-state index in [-0.39, 0.29) is 0 Å². The van der Waals surface area contributed by atoms with Crippen LogP contribution in [0, 0.1) is 0 Å². The summed E-state index contributed by atoms with van der Waals surface area (Å²) in [5.41, 5.74) is 2.46. The molecule has 1 aromatic heterocycles.